The minimum atomic E-state index is -2.33. The van der Waals surface area contributed by atoms with Crippen molar-refractivity contribution < 1.29 is 81.0 Å². The Morgan fingerprint density at radius 3 is 2.13 bits per heavy atom. The van der Waals surface area contributed by atoms with E-state index in [4.69, 9.17) is 38.0 Å². The van der Waals surface area contributed by atoms with Gasteiger partial charge in [0.05, 0.1) is 63.7 Å². The number of carbonyl (C=O) groups is 5. The summed E-state index contributed by atoms with van der Waals surface area (Å²) in [5, 5.41) is 22.1. The van der Waals surface area contributed by atoms with Crippen LogP contribution in [0.2, 0.25) is 0 Å². The smallest absolute Gasteiger partial charge is 0.373 e. The first-order chi connectivity index (χ1) is 35.9. The molecule has 0 amide bonds. The van der Waals surface area contributed by atoms with Crippen LogP contribution in [0.25, 0.3) is 0 Å². The largest absolute Gasteiger partial charge is 0.390 e. The number of allylic oxidation sites excluding steroid dienone is 4. The first-order valence-corrected chi connectivity index (χ1v) is 27.7. The SMILES string of the molecule is CSC(C)C(=O)CCCC(=O)CCCOCCOCCOCCOCCC(=O)Cc1cccc(Sc2ccc([C@@H]3O[C@@H]4C[C@H]5[C@@H]6C[C@H](F)C7=CC(=O)C=C[C@]7(C)[C@@]6(F)[C@@H](O)C[C@]5(C)[C@]4(C(=O)CO)O3)cc2)c1.O=C=O. The van der Waals surface area contributed by atoms with Crippen molar-refractivity contribution in [3.05, 3.63) is 83.5 Å². The molecule has 4 fully saturated rings. The van der Waals surface area contributed by atoms with Crippen molar-refractivity contribution in [2.75, 3.05) is 65.7 Å². The number of benzene rings is 2. The number of carbonyl (C=O) groups excluding carboxylic acids is 7. The number of alkyl halides is 2. The zero-order chi connectivity index (χ0) is 54.4. The number of aliphatic hydroxyl groups is 2. The number of halogens is 2. The van der Waals surface area contributed by atoms with Gasteiger partial charge in [0.2, 0.25) is 0 Å². The molecule has 1 unspecified atom stereocenters. The molecule has 19 heteroatoms. The molecule has 2 aromatic carbocycles. The molecule has 15 nitrogen and oxygen atoms in total. The predicted octanol–water partition coefficient (Wildman–Crippen LogP) is 7.31. The molecule has 0 bridgehead atoms. The minimum Gasteiger partial charge on any atom is -0.390 e. The van der Waals surface area contributed by atoms with Gasteiger partial charge in [-0.1, -0.05) is 49.0 Å². The molecule has 1 aliphatic heterocycles. The van der Waals surface area contributed by atoms with Gasteiger partial charge in [-0.25, -0.2) is 8.78 Å². The van der Waals surface area contributed by atoms with Crippen molar-refractivity contribution in [2.24, 2.45) is 22.7 Å². The highest BCUT2D eigenvalue weighted by Crippen LogP contribution is 2.72. The summed E-state index contributed by atoms with van der Waals surface area (Å²) in [7, 11) is 0. The van der Waals surface area contributed by atoms with Crippen molar-refractivity contribution in [1.82, 2.24) is 0 Å². The summed E-state index contributed by atoms with van der Waals surface area (Å²) in [5.41, 5.74) is -5.35. The standard InChI is InChI=1S/C55H70F2O13S2.CO2/c1-35(71-4)47(62)12-6-9-38(59)10-7-20-65-22-24-67-26-27-68-25-23-66-21-18-40(61)28-36-8-5-11-42(29-36)72-41-15-13-37(14-16-41)51-69-50-32-43-44-31-46(56)45-30-39(60)17-19-52(45,2)54(44,57)48(63)33-53(43,3)55(50,70-51)49(64)34-58;2-1-3/h5,8,11,13-17,19,29-30,35,43-44,46,48,50-51,58,63H,6-7,9-10,12,18,20-28,31-34H2,1-4H3;/t35?,43-,44-,46-,48-,50+,51+,52-,53-,54-,55+;/m0./s1. The zero-order valence-corrected chi connectivity index (χ0v) is 44.7. The second-order valence-corrected chi connectivity index (χ2v) is 22.5. The number of hydrogen-bond acceptors (Lipinski definition) is 17. The zero-order valence-electron chi connectivity index (χ0n) is 43.1. The van der Waals surface area contributed by atoms with Gasteiger partial charge in [-0.15, -0.1) is 0 Å². The molecule has 2 N–H and O–H groups in total. The summed E-state index contributed by atoms with van der Waals surface area (Å²) < 4.78 is 69.1. The summed E-state index contributed by atoms with van der Waals surface area (Å²) in [5.74, 6) is -2.35. The first-order valence-electron chi connectivity index (χ1n) is 25.6. The summed E-state index contributed by atoms with van der Waals surface area (Å²) in [6.45, 7) is 7.45. The second-order valence-electron chi connectivity index (χ2n) is 20.1. The van der Waals surface area contributed by atoms with Gasteiger partial charge in [-0.05, 0) is 106 Å². The quantitative estimate of drug-likeness (QED) is 0.0764. The maximum atomic E-state index is 17.8. The van der Waals surface area contributed by atoms with E-state index in [1.165, 1.54) is 42.6 Å². The Hall–Kier alpha value is -4.11. The van der Waals surface area contributed by atoms with Crippen molar-refractivity contribution in [3.8, 4) is 0 Å². The second kappa shape index (κ2) is 27.5. The third-order valence-electron chi connectivity index (χ3n) is 15.7. The average molecular weight is 1090 g/mol. The van der Waals surface area contributed by atoms with Crippen LogP contribution in [0.3, 0.4) is 0 Å². The van der Waals surface area contributed by atoms with Gasteiger partial charge in [-0.3, -0.25) is 24.0 Å². The monoisotopic (exact) mass is 1080 g/mol. The Bertz CT molecular complexity index is 2410. The summed E-state index contributed by atoms with van der Waals surface area (Å²) in [6.07, 6.45) is 3.50. The normalized spacial score (nSPS) is 29.7. The lowest BCUT2D eigenvalue weighted by atomic mass is 9.44. The lowest BCUT2D eigenvalue weighted by molar-refractivity contribution is -0.235. The van der Waals surface area contributed by atoms with E-state index in [9.17, 15) is 34.2 Å². The van der Waals surface area contributed by atoms with E-state index in [1.54, 1.807) is 6.92 Å². The van der Waals surface area contributed by atoms with Crippen LogP contribution in [0.15, 0.2) is 82.1 Å². The van der Waals surface area contributed by atoms with Crippen LogP contribution in [0.5, 0.6) is 0 Å². The Morgan fingerprint density at radius 2 is 1.48 bits per heavy atom. The molecule has 4 aliphatic carbocycles. The van der Waals surface area contributed by atoms with Gasteiger partial charge in [0.15, 0.2) is 29.1 Å². The molecule has 7 rings (SSSR count). The van der Waals surface area contributed by atoms with Gasteiger partial charge < -0.3 is 38.6 Å². The molecule has 0 aromatic heterocycles. The van der Waals surface area contributed by atoms with Crippen molar-refractivity contribution in [3.63, 3.8) is 0 Å². The Morgan fingerprint density at radius 1 is 0.840 bits per heavy atom. The van der Waals surface area contributed by atoms with Crippen LogP contribution in [0, 0.1) is 22.7 Å². The number of ketones is 5. The van der Waals surface area contributed by atoms with Gasteiger partial charge in [0.25, 0.3) is 0 Å². The molecule has 75 heavy (non-hydrogen) atoms. The van der Waals surface area contributed by atoms with E-state index in [-0.39, 0.29) is 73.0 Å². The van der Waals surface area contributed by atoms with Crippen LogP contribution >= 0.6 is 23.5 Å². The number of rotatable bonds is 29. The Labute approximate surface area is 445 Å². The number of thioether (sulfide) groups is 1. The van der Waals surface area contributed by atoms with Gasteiger partial charge in [-0.2, -0.15) is 21.4 Å². The summed E-state index contributed by atoms with van der Waals surface area (Å²) in [6, 6.07) is 15.2. The number of aliphatic hydroxyl groups excluding tert-OH is 2. The van der Waals surface area contributed by atoms with Crippen molar-refractivity contribution in [1.29, 1.82) is 0 Å². The number of fused-ring (bicyclic) bond motifs is 7. The summed E-state index contributed by atoms with van der Waals surface area (Å²) >= 11 is 3.03. The molecule has 0 spiro atoms. The molecule has 410 valence electrons. The highest BCUT2D eigenvalue weighted by Gasteiger charge is 2.80. The molecule has 11 atom stereocenters. The van der Waals surface area contributed by atoms with Gasteiger partial charge >= 0.3 is 6.15 Å². The van der Waals surface area contributed by atoms with E-state index < -0.39 is 76.8 Å². The molecule has 5 aliphatic rings. The van der Waals surface area contributed by atoms with Crippen molar-refractivity contribution in [2.45, 2.75) is 136 Å². The lowest BCUT2D eigenvalue weighted by Gasteiger charge is -2.63. The van der Waals surface area contributed by atoms with Crippen molar-refractivity contribution >= 4 is 58.6 Å². The molecular formula is C56H70F2O15S2. The first kappa shape index (κ1) is 60.1. The van der Waals surface area contributed by atoms with Crippen LogP contribution in [-0.2, 0) is 68.4 Å². The molecule has 0 radical (unpaired) electrons. The third-order valence-corrected chi connectivity index (χ3v) is 17.7. The predicted molar refractivity (Wildman–Crippen MR) is 272 cm³/mol. The lowest BCUT2D eigenvalue weighted by Crippen LogP contribution is -2.70. The molecule has 2 aromatic rings. The van der Waals surface area contributed by atoms with Crippen LogP contribution in [0.1, 0.15) is 96.0 Å². The Kier molecular flexibility index (Phi) is 22.0. The van der Waals surface area contributed by atoms with E-state index in [0.29, 0.717) is 83.9 Å². The molecule has 1 heterocycles. The highest BCUT2D eigenvalue weighted by atomic mass is 32.2. The van der Waals surface area contributed by atoms with Gasteiger partial charge in [0, 0.05) is 70.8 Å². The van der Waals surface area contributed by atoms with E-state index in [2.05, 4.69) is 0 Å². The van der Waals surface area contributed by atoms with E-state index >= 15 is 8.78 Å². The molecule has 1 saturated heterocycles. The topological polar surface area (TPSA) is 215 Å². The third kappa shape index (κ3) is 13.6. The fourth-order valence-electron chi connectivity index (χ4n) is 11.8. The average Bonchev–Trinajstić information content (AvgIpc) is 3.89. The molecule has 3 saturated carbocycles. The van der Waals surface area contributed by atoms with E-state index in [0.717, 1.165) is 21.4 Å². The summed E-state index contributed by atoms with van der Waals surface area (Å²) in [4.78, 5) is 81.0. The maximum absolute atomic E-state index is 17.8. The van der Waals surface area contributed by atoms with Gasteiger partial charge in [0.1, 0.15) is 30.1 Å². The fraction of sp³-hybridized carbons (Fsp3) is 0.607. The Balaban J connectivity index is 0.00000297. The van der Waals surface area contributed by atoms with Crippen LogP contribution in [0.4, 0.5) is 8.78 Å². The fourth-order valence-corrected chi connectivity index (χ4v) is 13.1. The van der Waals surface area contributed by atoms with Crippen LogP contribution in [-0.4, -0.2) is 146 Å². The number of Topliss-reactive ketones (excluding diaryl/α,β-unsaturated/α-hetero) is 4. The van der Waals surface area contributed by atoms with Crippen LogP contribution < -0.4 is 0 Å². The number of ether oxygens (including phenoxy) is 6. The maximum Gasteiger partial charge on any atom is 0.373 e. The minimum absolute atomic E-state index is 0.0164. The highest BCUT2D eigenvalue weighted by molar-refractivity contribution is 8.00. The molecular weight excluding hydrogens is 1010 g/mol. The van der Waals surface area contributed by atoms with E-state index in [1.807, 2.05) is 61.7 Å². The number of hydrogen-bond donors (Lipinski definition) is 2.